The van der Waals surface area contributed by atoms with Gasteiger partial charge in [0.2, 0.25) is 0 Å². The third-order valence-corrected chi connectivity index (χ3v) is 9.68. The van der Waals surface area contributed by atoms with Crippen LogP contribution in [0.15, 0.2) is 48.5 Å². The second-order valence-electron chi connectivity index (χ2n) is 11.0. The van der Waals surface area contributed by atoms with Crippen LogP contribution in [0.25, 0.3) is 11.1 Å². The SMILES string of the molecule is CC(C)(Br)COP(=O)(N1CCC(NC(=O)c2cccc(-c3cccc(OC(F)(F)F)c3)c2)CC1)C(C)(C)C. The molecule has 0 radical (unpaired) electrons. The summed E-state index contributed by atoms with van der Waals surface area (Å²) in [5.41, 5.74) is 1.49. The van der Waals surface area contributed by atoms with Gasteiger partial charge in [0.1, 0.15) is 5.75 Å². The highest BCUT2D eigenvalue weighted by atomic mass is 79.9. The summed E-state index contributed by atoms with van der Waals surface area (Å²) in [7, 11) is -3.14. The van der Waals surface area contributed by atoms with Crippen LogP contribution in [0.2, 0.25) is 0 Å². The van der Waals surface area contributed by atoms with Crippen LogP contribution in [-0.4, -0.2) is 52.2 Å². The zero-order chi connectivity index (χ0) is 28.4. The van der Waals surface area contributed by atoms with E-state index in [1.54, 1.807) is 30.3 Å². The average Bonchev–Trinajstić information content (AvgIpc) is 2.81. The van der Waals surface area contributed by atoms with E-state index in [4.69, 9.17) is 4.52 Å². The second-order valence-corrected chi connectivity index (χ2v) is 16.4. The molecule has 0 saturated carbocycles. The van der Waals surface area contributed by atoms with Crippen molar-refractivity contribution in [3.05, 3.63) is 54.1 Å². The van der Waals surface area contributed by atoms with Gasteiger partial charge in [0.25, 0.3) is 13.4 Å². The third-order valence-electron chi connectivity index (χ3n) is 6.14. The summed E-state index contributed by atoms with van der Waals surface area (Å²) in [5, 5.41) is 2.48. The summed E-state index contributed by atoms with van der Waals surface area (Å²) in [6.07, 6.45) is -3.56. The Morgan fingerprint density at radius 2 is 1.61 bits per heavy atom. The lowest BCUT2D eigenvalue weighted by molar-refractivity contribution is -0.274. The number of nitrogens with zero attached hydrogens (tertiary/aromatic N) is 1. The van der Waals surface area contributed by atoms with Crippen LogP contribution in [0, 0.1) is 0 Å². The number of hydrogen-bond acceptors (Lipinski definition) is 4. The van der Waals surface area contributed by atoms with Crippen molar-refractivity contribution >= 4 is 29.4 Å². The molecule has 1 aliphatic rings. The Balaban J connectivity index is 1.65. The summed E-state index contributed by atoms with van der Waals surface area (Å²) in [6.45, 7) is 11.0. The van der Waals surface area contributed by atoms with Crippen molar-refractivity contribution in [1.82, 2.24) is 9.99 Å². The first-order valence-electron chi connectivity index (χ1n) is 12.4. The Morgan fingerprint density at radius 3 is 2.16 bits per heavy atom. The van der Waals surface area contributed by atoms with E-state index in [0.717, 1.165) is 0 Å². The molecule has 1 amide bonds. The molecule has 210 valence electrons. The molecule has 0 spiro atoms. The van der Waals surface area contributed by atoms with E-state index in [9.17, 15) is 22.5 Å². The molecule has 0 aromatic heterocycles. The number of alkyl halides is 4. The number of piperidine rings is 1. The van der Waals surface area contributed by atoms with E-state index in [1.165, 1.54) is 18.2 Å². The van der Waals surface area contributed by atoms with E-state index in [-0.39, 0.29) is 22.0 Å². The topological polar surface area (TPSA) is 67.9 Å². The molecule has 1 unspecified atom stereocenters. The number of rotatable bonds is 8. The maximum atomic E-state index is 14.0. The smallest absolute Gasteiger partial charge is 0.406 e. The van der Waals surface area contributed by atoms with Gasteiger partial charge < -0.3 is 14.6 Å². The fourth-order valence-electron chi connectivity index (χ4n) is 4.20. The van der Waals surface area contributed by atoms with Gasteiger partial charge in [-0.2, -0.15) is 0 Å². The lowest BCUT2D eigenvalue weighted by Crippen LogP contribution is -2.45. The number of carbonyl (C=O) groups is 1. The Morgan fingerprint density at radius 1 is 1.03 bits per heavy atom. The number of ether oxygens (including phenoxy) is 1. The van der Waals surface area contributed by atoms with Gasteiger partial charge >= 0.3 is 6.36 Å². The maximum Gasteiger partial charge on any atom is 0.573 e. The van der Waals surface area contributed by atoms with Gasteiger partial charge in [-0.3, -0.25) is 9.36 Å². The lowest BCUT2D eigenvalue weighted by Gasteiger charge is -2.43. The first kappa shape index (κ1) is 30.7. The van der Waals surface area contributed by atoms with Gasteiger partial charge in [-0.05, 0) is 82.9 Å². The predicted molar refractivity (Wildman–Crippen MR) is 147 cm³/mol. The molecule has 11 heteroatoms. The maximum absolute atomic E-state index is 14.0. The Labute approximate surface area is 230 Å². The minimum absolute atomic E-state index is 0.105. The summed E-state index contributed by atoms with van der Waals surface area (Å²) in [4.78, 5) is 13.0. The molecule has 1 N–H and O–H groups in total. The number of carbonyl (C=O) groups excluding carboxylic acids is 1. The quantitative estimate of drug-likeness (QED) is 0.243. The van der Waals surface area contributed by atoms with E-state index in [1.807, 2.05) is 39.3 Å². The van der Waals surface area contributed by atoms with Gasteiger partial charge in [-0.25, -0.2) is 4.67 Å². The highest BCUT2D eigenvalue weighted by Gasteiger charge is 2.45. The Kier molecular flexibility index (Phi) is 9.45. The number of amides is 1. The number of nitrogens with one attached hydrogen (secondary N) is 1. The monoisotopic (exact) mass is 618 g/mol. The molecule has 6 nitrogen and oxygen atoms in total. The van der Waals surface area contributed by atoms with Gasteiger partial charge in [0, 0.05) is 29.0 Å². The number of hydrogen-bond donors (Lipinski definition) is 1. The molecule has 3 rings (SSSR count). The van der Waals surface area contributed by atoms with Crippen LogP contribution in [0.5, 0.6) is 5.75 Å². The van der Waals surface area contributed by atoms with E-state index in [2.05, 4.69) is 26.0 Å². The highest BCUT2D eigenvalue weighted by molar-refractivity contribution is 9.10. The molecule has 0 bridgehead atoms. The van der Waals surface area contributed by atoms with E-state index >= 15 is 0 Å². The minimum atomic E-state index is -4.78. The lowest BCUT2D eigenvalue weighted by atomic mass is 10.0. The van der Waals surface area contributed by atoms with Gasteiger partial charge in [-0.1, -0.05) is 40.2 Å². The molecule has 2 aromatic carbocycles. The van der Waals surface area contributed by atoms with Crippen molar-refractivity contribution in [2.45, 2.75) is 69.3 Å². The van der Waals surface area contributed by atoms with Gasteiger partial charge in [-0.15, -0.1) is 13.2 Å². The largest absolute Gasteiger partial charge is 0.573 e. The fraction of sp³-hybridized carbons (Fsp3) is 0.519. The summed E-state index contributed by atoms with van der Waals surface area (Å²) >= 11 is 3.55. The van der Waals surface area contributed by atoms with Crippen molar-refractivity contribution in [2.24, 2.45) is 0 Å². The van der Waals surface area contributed by atoms with E-state index < -0.39 is 19.0 Å². The van der Waals surface area contributed by atoms with Gasteiger partial charge in [0.15, 0.2) is 0 Å². The van der Waals surface area contributed by atoms with Crippen LogP contribution in [0.1, 0.15) is 57.8 Å². The molecule has 2 aromatic rings. The number of halogens is 4. The molecule has 1 heterocycles. The predicted octanol–water partition coefficient (Wildman–Crippen LogP) is 7.63. The van der Waals surface area contributed by atoms with Crippen LogP contribution in [-0.2, 0) is 9.09 Å². The second kappa shape index (κ2) is 11.7. The normalized spacial score (nSPS) is 17.6. The van der Waals surface area contributed by atoms with Gasteiger partial charge in [0.05, 0.1) is 11.8 Å². The molecule has 38 heavy (non-hydrogen) atoms. The Hall–Kier alpha value is -1.87. The minimum Gasteiger partial charge on any atom is -0.406 e. The average molecular weight is 619 g/mol. The fourth-order valence-corrected chi connectivity index (χ4v) is 7.14. The molecular formula is C27H35BrF3N2O4P. The van der Waals surface area contributed by atoms with Crippen molar-refractivity contribution < 1.29 is 31.8 Å². The van der Waals surface area contributed by atoms with Crippen LogP contribution in [0.3, 0.4) is 0 Å². The molecule has 1 saturated heterocycles. The number of benzene rings is 2. The van der Waals surface area contributed by atoms with Crippen molar-refractivity contribution in [2.75, 3.05) is 19.7 Å². The third kappa shape index (κ3) is 8.31. The van der Waals surface area contributed by atoms with Crippen LogP contribution in [0.4, 0.5) is 13.2 Å². The molecule has 1 atom stereocenters. The first-order valence-corrected chi connectivity index (χ1v) is 14.8. The Bertz CT molecular complexity index is 1170. The van der Waals surface area contributed by atoms with Crippen molar-refractivity contribution in [1.29, 1.82) is 0 Å². The molecular weight excluding hydrogens is 584 g/mol. The van der Waals surface area contributed by atoms with Crippen LogP contribution >= 0.6 is 23.4 Å². The van der Waals surface area contributed by atoms with E-state index in [0.29, 0.717) is 49.2 Å². The zero-order valence-electron chi connectivity index (χ0n) is 22.3. The van der Waals surface area contributed by atoms with Crippen LogP contribution < -0.4 is 10.1 Å². The molecule has 1 aliphatic heterocycles. The standard InChI is InChI=1S/C27H35BrF3N2O4P/c1-25(2,3)38(35,36-18-26(4,5)28)33-14-12-22(13-15-33)32-24(34)21-10-6-8-19(16-21)20-9-7-11-23(17-20)37-27(29,30)31/h6-11,16-17,22H,12-15,18H2,1-5H3,(H,32,34). The van der Waals surface area contributed by atoms with Crippen molar-refractivity contribution in [3.8, 4) is 16.9 Å². The summed E-state index contributed by atoms with van der Waals surface area (Å²) < 4.78 is 63.5. The highest BCUT2D eigenvalue weighted by Crippen LogP contribution is 2.62. The molecule has 0 aliphatic carbocycles. The molecule has 1 fully saturated rings. The first-order chi connectivity index (χ1) is 17.5. The van der Waals surface area contributed by atoms with Crippen molar-refractivity contribution in [3.63, 3.8) is 0 Å². The summed E-state index contributed by atoms with van der Waals surface area (Å²) in [5.74, 6) is -0.600. The zero-order valence-corrected chi connectivity index (χ0v) is 24.8. The summed E-state index contributed by atoms with van der Waals surface area (Å²) in [6, 6.07) is 12.2.